The number of aliphatic hydroxyl groups is 1. The fourth-order valence-electron chi connectivity index (χ4n) is 4.00. The van der Waals surface area contributed by atoms with Crippen molar-refractivity contribution in [1.29, 1.82) is 0 Å². The number of ether oxygens (including phenoxy) is 2. The van der Waals surface area contributed by atoms with E-state index in [9.17, 15) is 9.90 Å². The molecule has 1 atom stereocenters. The number of aliphatic hydroxyl groups excluding tert-OH is 1. The van der Waals surface area contributed by atoms with Crippen molar-refractivity contribution < 1.29 is 19.4 Å². The van der Waals surface area contributed by atoms with Crippen molar-refractivity contribution >= 4 is 5.97 Å². The van der Waals surface area contributed by atoms with Gasteiger partial charge in [0.25, 0.3) is 0 Å². The lowest BCUT2D eigenvalue weighted by Crippen LogP contribution is -2.27. The highest BCUT2D eigenvalue weighted by molar-refractivity contribution is 5.69. The monoisotopic (exact) mass is 494 g/mol. The SMILES string of the molecule is CCCCCC/C=C\C/C=C\CCCCCCCCCCOCC(CO)OC(=O)CCCCCC. The molecular weight excluding hydrogens is 436 g/mol. The van der Waals surface area contributed by atoms with E-state index in [0.29, 0.717) is 19.6 Å². The predicted molar refractivity (Wildman–Crippen MR) is 150 cm³/mol. The molecule has 1 N–H and O–H groups in total. The van der Waals surface area contributed by atoms with Crippen LogP contribution in [0.3, 0.4) is 0 Å². The molecule has 0 aliphatic heterocycles. The van der Waals surface area contributed by atoms with Crippen LogP contribution in [0.5, 0.6) is 0 Å². The Morgan fingerprint density at radius 3 is 1.77 bits per heavy atom. The van der Waals surface area contributed by atoms with Crippen molar-refractivity contribution in [3.63, 3.8) is 0 Å². The first-order valence-electron chi connectivity index (χ1n) is 14.9. The second-order valence-corrected chi connectivity index (χ2v) is 9.82. The van der Waals surface area contributed by atoms with E-state index < -0.39 is 6.10 Å². The highest BCUT2D eigenvalue weighted by atomic mass is 16.6. The van der Waals surface area contributed by atoms with E-state index in [1.807, 2.05) is 0 Å². The summed E-state index contributed by atoms with van der Waals surface area (Å²) in [5.41, 5.74) is 0. The maximum Gasteiger partial charge on any atom is 0.306 e. The van der Waals surface area contributed by atoms with Crippen molar-refractivity contribution in [3.05, 3.63) is 24.3 Å². The van der Waals surface area contributed by atoms with E-state index >= 15 is 0 Å². The fraction of sp³-hybridized carbons (Fsp3) is 0.839. The summed E-state index contributed by atoms with van der Waals surface area (Å²) in [6, 6.07) is 0. The third-order valence-corrected chi connectivity index (χ3v) is 6.28. The third kappa shape index (κ3) is 27.3. The molecule has 0 aliphatic rings. The highest BCUT2D eigenvalue weighted by Gasteiger charge is 2.13. The van der Waals surface area contributed by atoms with Gasteiger partial charge in [-0.05, 0) is 44.9 Å². The molecule has 0 fully saturated rings. The van der Waals surface area contributed by atoms with Crippen LogP contribution in [0.4, 0.5) is 0 Å². The first-order chi connectivity index (χ1) is 17.2. The molecule has 0 aromatic carbocycles. The Bertz CT molecular complexity index is 486. The van der Waals surface area contributed by atoms with Crippen LogP contribution in [0.1, 0.15) is 142 Å². The van der Waals surface area contributed by atoms with Crippen LogP contribution in [-0.4, -0.2) is 37.0 Å². The summed E-state index contributed by atoms with van der Waals surface area (Å²) in [5.74, 6) is -0.222. The average Bonchev–Trinajstić information content (AvgIpc) is 2.86. The number of esters is 1. The molecule has 4 heteroatoms. The lowest BCUT2D eigenvalue weighted by Gasteiger charge is -2.15. The van der Waals surface area contributed by atoms with Crippen LogP contribution in [-0.2, 0) is 14.3 Å². The van der Waals surface area contributed by atoms with Gasteiger partial charge in [0.2, 0.25) is 0 Å². The minimum atomic E-state index is -0.527. The van der Waals surface area contributed by atoms with E-state index in [1.54, 1.807) is 0 Å². The Balaban J connectivity index is 3.38. The van der Waals surface area contributed by atoms with Crippen LogP contribution in [0, 0.1) is 0 Å². The maximum absolute atomic E-state index is 11.8. The molecule has 0 bridgehead atoms. The predicted octanol–water partition coefficient (Wildman–Crippen LogP) is 8.86. The van der Waals surface area contributed by atoms with Gasteiger partial charge in [-0.3, -0.25) is 4.79 Å². The normalized spacial score (nSPS) is 12.7. The summed E-state index contributed by atoms with van der Waals surface area (Å²) >= 11 is 0. The fourth-order valence-corrected chi connectivity index (χ4v) is 4.00. The van der Waals surface area contributed by atoms with Crippen molar-refractivity contribution in [1.82, 2.24) is 0 Å². The summed E-state index contributed by atoms with van der Waals surface area (Å²) in [4.78, 5) is 11.8. The van der Waals surface area contributed by atoms with Crippen molar-refractivity contribution in [3.8, 4) is 0 Å². The van der Waals surface area contributed by atoms with Gasteiger partial charge >= 0.3 is 5.97 Å². The van der Waals surface area contributed by atoms with Crippen LogP contribution >= 0.6 is 0 Å². The molecule has 0 aliphatic carbocycles. The summed E-state index contributed by atoms with van der Waals surface area (Å²) in [7, 11) is 0. The van der Waals surface area contributed by atoms with Crippen LogP contribution in [0.2, 0.25) is 0 Å². The summed E-state index contributed by atoms with van der Waals surface area (Å²) in [6.07, 6.45) is 32.4. The van der Waals surface area contributed by atoms with Gasteiger partial charge in [0.1, 0.15) is 6.10 Å². The van der Waals surface area contributed by atoms with Crippen LogP contribution in [0.15, 0.2) is 24.3 Å². The molecule has 35 heavy (non-hydrogen) atoms. The zero-order chi connectivity index (χ0) is 25.7. The van der Waals surface area contributed by atoms with Gasteiger partial charge < -0.3 is 14.6 Å². The number of hydrogen-bond acceptors (Lipinski definition) is 4. The molecule has 0 aromatic heterocycles. The number of hydrogen-bond donors (Lipinski definition) is 1. The minimum Gasteiger partial charge on any atom is -0.457 e. The molecule has 0 heterocycles. The molecule has 4 nitrogen and oxygen atoms in total. The largest absolute Gasteiger partial charge is 0.457 e. The molecule has 0 amide bonds. The quantitative estimate of drug-likeness (QED) is 0.0703. The van der Waals surface area contributed by atoms with Gasteiger partial charge in [0.05, 0.1) is 13.2 Å². The maximum atomic E-state index is 11.8. The molecule has 0 rings (SSSR count). The number of rotatable bonds is 27. The van der Waals surface area contributed by atoms with E-state index in [4.69, 9.17) is 9.47 Å². The Labute approximate surface area is 217 Å². The Hall–Kier alpha value is -1.13. The van der Waals surface area contributed by atoms with Crippen LogP contribution < -0.4 is 0 Å². The first-order valence-corrected chi connectivity index (χ1v) is 14.9. The molecule has 0 saturated heterocycles. The number of carbonyl (C=O) groups excluding carboxylic acids is 1. The second-order valence-electron chi connectivity index (χ2n) is 9.82. The Morgan fingerprint density at radius 2 is 1.20 bits per heavy atom. The zero-order valence-corrected chi connectivity index (χ0v) is 23.3. The molecule has 0 spiro atoms. The molecular formula is C31H58O4. The molecule has 1 unspecified atom stereocenters. The minimum absolute atomic E-state index is 0.174. The van der Waals surface area contributed by atoms with Crippen LogP contribution in [0.25, 0.3) is 0 Å². The molecule has 206 valence electrons. The molecule has 0 radical (unpaired) electrons. The summed E-state index contributed by atoms with van der Waals surface area (Å²) < 4.78 is 10.9. The van der Waals surface area contributed by atoms with Gasteiger partial charge in [0.15, 0.2) is 0 Å². The number of unbranched alkanes of at least 4 members (excludes halogenated alkanes) is 15. The topological polar surface area (TPSA) is 55.8 Å². The smallest absolute Gasteiger partial charge is 0.306 e. The summed E-state index contributed by atoms with van der Waals surface area (Å²) in [5, 5.41) is 9.39. The van der Waals surface area contributed by atoms with E-state index in [1.165, 1.54) is 83.5 Å². The Kier molecular flexibility index (Phi) is 28.2. The standard InChI is InChI=1S/C31H58O4/c1-3-5-7-9-10-11-12-13-14-15-16-17-18-19-20-21-22-23-25-27-34-29-30(28-32)35-31(33)26-24-8-6-4-2/h11-12,14-15,30,32H,3-10,13,16-29H2,1-2H3/b12-11-,15-14-. The lowest BCUT2D eigenvalue weighted by molar-refractivity contribution is -0.154. The highest BCUT2D eigenvalue weighted by Crippen LogP contribution is 2.11. The summed E-state index contributed by atoms with van der Waals surface area (Å²) in [6.45, 7) is 5.20. The number of carbonyl (C=O) groups is 1. The van der Waals surface area contributed by atoms with E-state index in [-0.39, 0.29) is 12.6 Å². The van der Waals surface area contributed by atoms with Gasteiger partial charge in [-0.25, -0.2) is 0 Å². The van der Waals surface area contributed by atoms with Gasteiger partial charge in [-0.1, -0.05) is 115 Å². The Morgan fingerprint density at radius 1 is 0.686 bits per heavy atom. The van der Waals surface area contributed by atoms with Gasteiger partial charge in [-0.15, -0.1) is 0 Å². The van der Waals surface area contributed by atoms with Crippen molar-refractivity contribution in [2.75, 3.05) is 19.8 Å². The van der Waals surface area contributed by atoms with E-state index in [0.717, 1.165) is 38.5 Å². The molecule has 0 aromatic rings. The number of allylic oxidation sites excluding steroid dienone is 4. The van der Waals surface area contributed by atoms with Crippen molar-refractivity contribution in [2.45, 2.75) is 148 Å². The van der Waals surface area contributed by atoms with Gasteiger partial charge in [0, 0.05) is 13.0 Å². The first kappa shape index (κ1) is 33.9. The molecule has 0 saturated carbocycles. The van der Waals surface area contributed by atoms with E-state index in [2.05, 4.69) is 38.2 Å². The van der Waals surface area contributed by atoms with Crippen molar-refractivity contribution in [2.24, 2.45) is 0 Å². The second kappa shape index (κ2) is 29.1. The van der Waals surface area contributed by atoms with Gasteiger partial charge in [-0.2, -0.15) is 0 Å². The third-order valence-electron chi connectivity index (χ3n) is 6.28. The zero-order valence-electron chi connectivity index (χ0n) is 23.3. The average molecular weight is 495 g/mol. The lowest BCUT2D eigenvalue weighted by atomic mass is 10.1.